The molecule has 20 heavy (non-hydrogen) atoms. The average molecular weight is 266 g/mol. The van der Waals surface area contributed by atoms with E-state index in [1.54, 1.807) is 0 Å². The van der Waals surface area contributed by atoms with Crippen LogP contribution >= 0.6 is 0 Å². The van der Waals surface area contributed by atoms with Crippen LogP contribution in [-0.4, -0.2) is 18.9 Å². The molecule has 0 N–H and O–H groups in total. The van der Waals surface area contributed by atoms with Gasteiger partial charge in [-0.3, -0.25) is 4.79 Å². The molecule has 0 saturated carbocycles. The number of esters is 1. The van der Waals surface area contributed by atoms with Gasteiger partial charge in [0.05, 0.1) is 0 Å². The van der Waals surface area contributed by atoms with Crippen molar-refractivity contribution >= 4 is 12.3 Å². The number of benzene rings is 2. The molecule has 0 spiro atoms. The third-order valence-electron chi connectivity index (χ3n) is 3.62. The zero-order valence-corrected chi connectivity index (χ0v) is 10.9. The quantitative estimate of drug-likeness (QED) is 0.485. The fraction of sp³-hybridized carbons (Fsp3) is 0.176. The Morgan fingerprint density at radius 3 is 2.10 bits per heavy atom. The van der Waals surface area contributed by atoms with Crippen LogP contribution in [0, 0.1) is 0 Å². The first kappa shape index (κ1) is 12.6. The lowest BCUT2D eigenvalue weighted by Crippen LogP contribution is -2.12. The molecule has 0 bridgehead atoms. The topological polar surface area (TPSA) is 43.4 Å². The number of rotatable bonds is 4. The molecule has 0 atom stereocenters. The van der Waals surface area contributed by atoms with Crippen LogP contribution in [0.15, 0.2) is 48.5 Å². The molecule has 3 heteroatoms. The molecule has 0 aromatic heterocycles. The summed E-state index contributed by atoms with van der Waals surface area (Å²) in [6.07, 6.45) is 0.384. The van der Waals surface area contributed by atoms with Crippen molar-refractivity contribution < 1.29 is 14.3 Å². The minimum absolute atomic E-state index is 0.0537. The van der Waals surface area contributed by atoms with Crippen molar-refractivity contribution in [2.45, 2.75) is 12.3 Å². The smallest absolute Gasteiger partial charge is 0.313 e. The molecule has 0 unspecified atom stereocenters. The first-order valence-electron chi connectivity index (χ1n) is 6.58. The summed E-state index contributed by atoms with van der Waals surface area (Å²) < 4.78 is 5.21. The Bertz CT molecular complexity index is 615. The molecule has 0 radical (unpaired) electrons. The lowest BCUT2D eigenvalue weighted by atomic mass is 9.98. The van der Waals surface area contributed by atoms with Gasteiger partial charge < -0.3 is 9.53 Å². The number of aldehydes is 1. The van der Waals surface area contributed by atoms with Crippen LogP contribution in [0.25, 0.3) is 11.1 Å². The number of carbonyl (C=O) groups is 2. The average Bonchev–Trinajstić information content (AvgIpc) is 2.80. The highest BCUT2D eigenvalue weighted by molar-refractivity contribution is 5.84. The van der Waals surface area contributed by atoms with E-state index in [1.807, 2.05) is 24.3 Å². The molecule has 0 aliphatic heterocycles. The Balaban J connectivity index is 1.91. The van der Waals surface area contributed by atoms with Gasteiger partial charge in [-0.15, -0.1) is 0 Å². The second-order valence-electron chi connectivity index (χ2n) is 4.78. The van der Waals surface area contributed by atoms with Crippen LogP contribution in [0.2, 0.25) is 0 Å². The summed E-state index contributed by atoms with van der Waals surface area (Å²) in [7, 11) is 0. The third-order valence-corrected chi connectivity index (χ3v) is 3.62. The SMILES string of the molecule is O=CCC(=O)OCC1c2ccccc2-c2ccccc21. The second-order valence-corrected chi connectivity index (χ2v) is 4.78. The number of carbonyl (C=O) groups excluding carboxylic acids is 2. The van der Waals surface area contributed by atoms with Gasteiger partial charge in [0.15, 0.2) is 0 Å². The van der Waals surface area contributed by atoms with E-state index in [0.29, 0.717) is 6.29 Å². The molecule has 2 aromatic carbocycles. The van der Waals surface area contributed by atoms with E-state index in [0.717, 1.165) is 0 Å². The van der Waals surface area contributed by atoms with E-state index >= 15 is 0 Å². The van der Waals surface area contributed by atoms with Crippen molar-refractivity contribution in [2.75, 3.05) is 6.61 Å². The standard InChI is InChI=1S/C17H14O3/c18-10-9-17(19)20-11-16-14-7-3-1-5-12(14)13-6-2-4-8-15(13)16/h1-8,10,16H,9,11H2. The van der Waals surface area contributed by atoms with E-state index in [2.05, 4.69) is 24.3 Å². The van der Waals surface area contributed by atoms with Gasteiger partial charge in [-0.25, -0.2) is 0 Å². The second kappa shape index (κ2) is 5.29. The molecule has 0 saturated heterocycles. The molecule has 0 heterocycles. The largest absolute Gasteiger partial charge is 0.464 e. The highest BCUT2D eigenvalue weighted by Gasteiger charge is 2.28. The maximum atomic E-state index is 11.4. The zero-order valence-electron chi connectivity index (χ0n) is 10.9. The highest BCUT2D eigenvalue weighted by atomic mass is 16.5. The molecule has 3 rings (SSSR count). The molecular weight excluding hydrogens is 252 g/mol. The summed E-state index contributed by atoms with van der Waals surface area (Å²) in [6.45, 7) is 0.278. The van der Waals surface area contributed by atoms with Crippen LogP contribution in [0.4, 0.5) is 0 Å². The summed E-state index contributed by atoms with van der Waals surface area (Å²) in [5.74, 6) is -0.417. The Kier molecular flexibility index (Phi) is 3.33. The summed E-state index contributed by atoms with van der Waals surface area (Å²) in [4.78, 5) is 21.7. The third kappa shape index (κ3) is 2.11. The normalized spacial score (nSPS) is 12.6. The van der Waals surface area contributed by atoms with Crippen LogP contribution in [0.1, 0.15) is 23.5 Å². The Morgan fingerprint density at radius 1 is 1.00 bits per heavy atom. The predicted octanol–water partition coefficient (Wildman–Crippen LogP) is 2.93. The number of fused-ring (bicyclic) bond motifs is 3. The van der Waals surface area contributed by atoms with Gasteiger partial charge in [0.2, 0.25) is 0 Å². The fourth-order valence-corrected chi connectivity index (χ4v) is 2.74. The van der Waals surface area contributed by atoms with Crippen LogP contribution < -0.4 is 0 Å². The first-order valence-corrected chi connectivity index (χ1v) is 6.58. The summed E-state index contributed by atoms with van der Waals surface area (Å²) in [5.41, 5.74) is 4.74. The van der Waals surface area contributed by atoms with Crippen molar-refractivity contribution in [3.05, 3.63) is 59.7 Å². The van der Waals surface area contributed by atoms with Crippen LogP contribution in [0.3, 0.4) is 0 Å². The maximum Gasteiger partial charge on any atom is 0.313 e. The Morgan fingerprint density at radius 2 is 1.55 bits per heavy atom. The van der Waals surface area contributed by atoms with Gasteiger partial charge in [-0.2, -0.15) is 0 Å². The first-order chi connectivity index (χ1) is 9.81. The van der Waals surface area contributed by atoms with E-state index in [-0.39, 0.29) is 18.9 Å². The van der Waals surface area contributed by atoms with E-state index in [9.17, 15) is 9.59 Å². The molecule has 1 aliphatic rings. The fourth-order valence-electron chi connectivity index (χ4n) is 2.74. The van der Waals surface area contributed by atoms with Gasteiger partial charge in [0, 0.05) is 5.92 Å². The van der Waals surface area contributed by atoms with Crippen LogP contribution in [-0.2, 0) is 14.3 Å². The summed E-state index contributed by atoms with van der Waals surface area (Å²) >= 11 is 0. The van der Waals surface area contributed by atoms with Gasteiger partial charge >= 0.3 is 5.97 Å². The van der Waals surface area contributed by atoms with Crippen molar-refractivity contribution in [1.29, 1.82) is 0 Å². The van der Waals surface area contributed by atoms with Crippen molar-refractivity contribution in [3.63, 3.8) is 0 Å². The molecular formula is C17H14O3. The lowest BCUT2D eigenvalue weighted by Gasteiger charge is -2.13. The monoisotopic (exact) mass is 266 g/mol. The molecule has 3 nitrogen and oxygen atoms in total. The van der Waals surface area contributed by atoms with E-state index in [4.69, 9.17) is 4.74 Å². The maximum absolute atomic E-state index is 11.4. The van der Waals surface area contributed by atoms with Crippen molar-refractivity contribution in [1.82, 2.24) is 0 Å². The van der Waals surface area contributed by atoms with Gasteiger partial charge in [-0.05, 0) is 22.3 Å². The van der Waals surface area contributed by atoms with E-state index in [1.165, 1.54) is 22.3 Å². The van der Waals surface area contributed by atoms with Gasteiger partial charge in [0.1, 0.15) is 19.3 Å². The lowest BCUT2D eigenvalue weighted by molar-refractivity contribution is -0.144. The van der Waals surface area contributed by atoms with Crippen molar-refractivity contribution in [3.8, 4) is 11.1 Å². The predicted molar refractivity (Wildman–Crippen MR) is 75.4 cm³/mol. The number of ether oxygens (including phenoxy) is 1. The Labute approximate surface area is 117 Å². The molecule has 2 aromatic rings. The molecule has 0 fully saturated rings. The van der Waals surface area contributed by atoms with Gasteiger partial charge in [0.25, 0.3) is 0 Å². The van der Waals surface area contributed by atoms with E-state index < -0.39 is 5.97 Å². The number of hydrogen-bond acceptors (Lipinski definition) is 3. The van der Waals surface area contributed by atoms with Crippen molar-refractivity contribution in [2.24, 2.45) is 0 Å². The summed E-state index contributed by atoms with van der Waals surface area (Å²) in [6, 6.07) is 16.3. The highest BCUT2D eigenvalue weighted by Crippen LogP contribution is 2.44. The molecule has 100 valence electrons. The Hall–Kier alpha value is -2.42. The van der Waals surface area contributed by atoms with Crippen LogP contribution in [0.5, 0.6) is 0 Å². The molecule has 0 amide bonds. The minimum Gasteiger partial charge on any atom is -0.464 e. The van der Waals surface area contributed by atoms with Gasteiger partial charge in [-0.1, -0.05) is 48.5 Å². The summed E-state index contributed by atoms with van der Waals surface area (Å²) in [5, 5.41) is 0. The minimum atomic E-state index is -0.470. The number of hydrogen-bond donors (Lipinski definition) is 0. The molecule has 1 aliphatic carbocycles. The zero-order chi connectivity index (χ0) is 13.9.